The predicted molar refractivity (Wildman–Crippen MR) is 157 cm³/mol. The lowest BCUT2D eigenvalue weighted by Crippen LogP contribution is -2.23. The Labute approximate surface area is 230 Å². The summed E-state index contributed by atoms with van der Waals surface area (Å²) in [7, 11) is 0. The summed E-state index contributed by atoms with van der Waals surface area (Å²) in [5.74, 6) is 0.846. The van der Waals surface area contributed by atoms with E-state index in [1.54, 1.807) is 15.9 Å². The lowest BCUT2D eigenvalue weighted by Gasteiger charge is -2.17. The molecule has 0 N–H and O–H groups in total. The van der Waals surface area contributed by atoms with Crippen LogP contribution < -0.4 is 5.56 Å². The second kappa shape index (κ2) is 10.0. The van der Waals surface area contributed by atoms with Crippen LogP contribution in [0.1, 0.15) is 45.5 Å². The molecule has 0 unspecified atom stereocenters. The number of fused-ring (bicyclic) bond motifs is 3. The SMILES string of the molecule is Cc1cc(C(=O)CSc2nc3sc4c(c3c(=O)n2-c2ccccc2)CC[C@@H](C)C4)c(C)n1-c1ccccc1. The number of nitrogens with zero attached hydrogens (tertiary/aromatic N) is 3. The number of aryl methyl sites for hydroxylation is 2. The number of thiophene rings is 1. The first-order valence-electron chi connectivity index (χ1n) is 13.0. The van der Waals surface area contributed by atoms with Gasteiger partial charge in [0.15, 0.2) is 10.9 Å². The van der Waals surface area contributed by atoms with E-state index in [0.29, 0.717) is 16.6 Å². The van der Waals surface area contributed by atoms with Crippen molar-refractivity contribution < 1.29 is 4.79 Å². The number of rotatable bonds is 6. The third kappa shape index (κ3) is 4.33. The van der Waals surface area contributed by atoms with E-state index in [9.17, 15) is 9.59 Å². The molecule has 0 fully saturated rings. The van der Waals surface area contributed by atoms with Gasteiger partial charge in [-0.25, -0.2) is 4.98 Å². The van der Waals surface area contributed by atoms with Gasteiger partial charge in [-0.2, -0.15) is 0 Å². The second-order valence-corrected chi connectivity index (χ2v) is 12.1. The average molecular weight is 540 g/mol. The van der Waals surface area contributed by atoms with E-state index in [0.717, 1.165) is 52.2 Å². The van der Waals surface area contributed by atoms with Crippen molar-refractivity contribution in [3.8, 4) is 11.4 Å². The molecule has 0 bridgehead atoms. The first kappa shape index (κ1) is 24.9. The Morgan fingerprint density at radius 3 is 2.37 bits per heavy atom. The molecule has 192 valence electrons. The number of benzene rings is 2. The van der Waals surface area contributed by atoms with Gasteiger partial charge in [0.25, 0.3) is 5.56 Å². The number of Topliss-reactive ketones (excluding diaryl/α,β-unsaturated/α-hetero) is 1. The molecular formula is C31H29N3O2S2. The van der Waals surface area contributed by atoms with E-state index in [4.69, 9.17) is 4.98 Å². The van der Waals surface area contributed by atoms with E-state index < -0.39 is 0 Å². The van der Waals surface area contributed by atoms with Crippen molar-refractivity contribution in [3.05, 3.63) is 104 Å². The van der Waals surface area contributed by atoms with Crippen LogP contribution in [0.4, 0.5) is 0 Å². The second-order valence-electron chi connectivity index (χ2n) is 10.1. The Hall–Kier alpha value is -3.42. The maximum Gasteiger partial charge on any atom is 0.267 e. The third-order valence-corrected chi connectivity index (χ3v) is 9.48. The van der Waals surface area contributed by atoms with Crippen molar-refractivity contribution in [2.24, 2.45) is 5.92 Å². The minimum absolute atomic E-state index is 0.0264. The van der Waals surface area contributed by atoms with Crippen molar-refractivity contribution in [3.63, 3.8) is 0 Å². The van der Waals surface area contributed by atoms with E-state index in [2.05, 4.69) is 11.5 Å². The largest absolute Gasteiger partial charge is 0.318 e. The fraction of sp³-hybridized carbons (Fsp3) is 0.258. The smallest absolute Gasteiger partial charge is 0.267 e. The molecule has 38 heavy (non-hydrogen) atoms. The fourth-order valence-electron chi connectivity index (χ4n) is 5.50. The highest BCUT2D eigenvalue weighted by atomic mass is 32.2. The Bertz CT molecular complexity index is 1720. The van der Waals surface area contributed by atoms with Crippen LogP contribution in [0.3, 0.4) is 0 Å². The number of carbonyl (C=O) groups is 1. The van der Waals surface area contributed by atoms with E-state index >= 15 is 0 Å². The minimum Gasteiger partial charge on any atom is -0.318 e. The zero-order valence-corrected chi connectivity index (χ0v) is 23.4. The molecule has 1 aliphatic rings. The molecule has 1 aliphatic carbocycles. The monoisotopic (exact) mass is 539 g/mol. The van der Waals surface area contributed by atoms with Crippen molar-refractivity contribution in [2.45, 2.75) is 45.2 Å². The van der Waals surface area contributed by atoms with Gasteiger partial charge < -0.3 is 4.57 Å². The molecule has 3 heterocycles. The lowest BCUT2D eigenvalue weighted by atomic mass is 9.89. The van der Waals surface area contributed by atoms with Crippen molar-refractivity contribution >= 4 is 39.1 Å². The number of hydrogen-bond donors (Lipinski definition) is 0. The molecule has 0 amide bonds. The number of hydrogen-bond acceptors (Lipinski definition) is 5. The summed E-state index contributed by atoms with van der Waals surface area (Å²) in [5.41, 5.74) is 5.58. The maximum absolute atomic E-state index is 14.0. The molecule has 3 aromatic heterocycles. The quantitative estimate of drug-likeness (QED) is 0.133. The number of aromatic nitrogens is 3. The molecule has 5 nitrogen and oxygen atoms in total. The fourth-order valence-corrected chi connectivity index (χ4v) is 7.82. The Kier molecular flexibility index (Phi) is 6.58. The predicted octanol–water partition coefficient (Wildman–Crippen LogP) is 6.95. The van der Waals surface area contributed by atoms with E-state index in [1.807, 2.05) is 80.6 Å². The van der Waals surface area contributed by atoms with Gasteiger partial charge in [-0.1, -0.05) is 55.1 Å². The highest BCUT2D eigenvalue weighted by Crippen LogP contribution is 2.37. The molecule has 0 saturated heterocycles. The molecule has 0 spiro atoms. The van der Waals surface area contributed by atoms with E-state index in [1.165, 1.54) is 22.2 Å². The van der Waals surface area contributed by atoms with Gasteiger partial charge in [0, 0.05) is 27.5 Å². The van der Waals surface area contributed by atoms with Gasteiger partial charge in [-0.3, -0.25) is 14.2 Å². The minimum atomic E-state index is -0.0366. The lowest BCUT2D eigenvalue weighted by molar-refractivity contribution is 0.102. The zero-order valence-electron chi connectivity index (χ0n) is 21.7. The van der Waals surface area contributed by atoms with Crippen LogP contribution in [0.5, 0.6) is 0 Å². The van der Waals surface area contributed by atoms with Crippen LogP contribution in [0.15, 0.2) is 76.7 Å². The zero-order chi connectivity index (χ0) is 26.4. The molecule has 0 aliphatic heterocycles. The summed E-state index contributed by atoms with van der Waals surface area (Å²) < 4.78 is 3.80. The van der Waals surface area contributed by atoms with Gasteiger partial charge >= 0.3 is 0 Å². The number of thioether (sulfide) groups is 1. The first-order chi connectivity index (χ1) is 18.4. The Morgan fingerprint density at radius 1 is 1.03 bits per heavy atom. The molecular weight excluding hydrogens is 510 g/mol. The molecule has 5 aromatic rings. The molecule has 0 radical (unpaired) electrons. The summed E-state index contributed by atoms with van der Waals surface area (Å²) >= 11 is 2.99. The van der Waals surface area contributed by atoms with Crippen molar-refractivity contribution in [2.75, 3.05) is 5.75 Å². The summed E-state index contributed by atoms with van der Waals surface area (Å²) in [6.45, 7) is 6.27. The number of carbonyl (C=O) groups excluding carboxylic acids is 1. The molecule has 6 rings (SSSR count). The van der Waals surface area contributed by atoms with Gasteiger partial charge in [-0.05, 0) is 74.9 Å². The van der Waals surface area contributed by atoms with Crippen LogP contribution in [-0.2, 0) is 12.8 Å². The molecule has 0 saturated carbocycles. The van der Waals surface area contributed by atoms with Crippen LogP contribution in [0.2, 0.25) is 0 Å². The van der Waals surface area contributed by atoms with Gasteiger partial charge in [0.1, 0.15) is 4.83 Å². The van der Waals surface area contributed by atoms with Crippen LogP contribution >= 0.6 is 23.1 Å². The summed E-state index contributed by atoms with van der Waals surface area (Å²) in [6.07, 6.45) is 3.01. The van der Waals surface area contributed by atoms with Gasteiger partial charge in [-0.15, -0.1) is 11.3 Å². The third-order valence-electron chi connectivity index (χ3n) is 7.39. The Balaban J connectivity index is 1.38. The normalized spacial score (nSPS) is 15.1. The molecule has 2 aromatic carbocycles. The highest BCUT2D eigenvalue weighted by molar-refractivity contribution is 7.99. The van der Waals surface area contributed by atoms with Crippen molar-refractivity contribution in [1.29, 1.82) is 0 Å². The summed E-state index contributed by atoms with van der Waals surface area (Å²) in [6, 6.07) is 21.7. The number of ketones is 1. The standard InChI is InChI=1S/C31H29N3O2S2/c1-19-14-15-24-27(16-19)38-29-28(24)30(36)34(23-12-8-5-9-13-23)31(32-29)37-18-26(35)25-17-20(2)33(21(25)3)22-10-6-4-7-11-22/h4-13,17,19H,14-16,18H2,1-3H3/t19-/m1/s1. The topological polar surface area (TPSA) is 56.9 Å². The molecule has 1 atom stereocenters. The maximum atomic E-state index is 14.0. The molecule has 7 heteroatoms. The van der Waals surface area contributed by atoms with Crippen LogP contribution in [0, 0.1) is 19.8 Å². The van der Waals surface area contributed by atoms with Crippen LogP contribution in [-0.4, -0.2) is 25.7 Å². The average Bonchev–Trinajstić information content (AvgIpc) is 3.43. The van der Waals surface area contributed by atoms with Gasteiger partial charge in [0.2, 0.25) is 0 Å². The Morgan fingerprint density at radius 2 is 1.68 bits per heavy atom. The highest BCUT2D eigenvalue weighted by Gasteiger charge is 2.26. The number of para-hydroxylation sites is 2. The first-order valence-corrected chi connectivity index (χ1v) is 14.8. The van der Waals surface area contributed by atoms with Gasteiger partial charge in [0.05, 0.1) is 16.8 Å². The van der Waals surface area contributed by atoms with Crippen molar-refractivity contribution in [1.82, 2.24) is 14.1 Å². The summed E-state index contributed by atoms with van der Waals surface area (Å²) in [4.78, 5) is 34.5. The van der Waals surface area contributed by atoms with E-state index in [-0.39, 0.29) is 17.1 Å². The summed E-state index contributed by atoms with van der Waals surface area (Å²) in [5, 5.41) is 1.31. The van der Waals surface area contributed by atoms with Crippen LogP contribution in [0.25, 0.3) is 21.6 Å².